The summed E-state index contributed by atoms with van der Waals surface area (Å²) in [6.45, 7) is 2.48. The van der Waals surface area contributed by atoms with Crippen LogP contribution in [-0.2, 0) is 6.54 Å². The Hall–Kier alpha value is -2.08. The van der Waals surface area contributed by atoms with E-state index in [-0.39, 0.29) is 11.1 Å². The van der Waals surface area contributed by atoms with Crippen molar-refractivity contribution in [3.8, 4) is 6.07 Å². The Labute approximate surface area is 87.2 Å². The number of hydrogen-bond donors (Lipinski definition) is 0. The topological polar surface area (TPSA) is 45.8 Å². The summed E-state index contributed by atoms with van der Waals surface area (Å²) >= 11 is 0. The molecule has 1 aromatic heterocycles. The molecule has 0 aliphatic carbocycles. The molecule has 3 nitrogen and oxygen atoms in total. The molecule has 0 N–H and O–H groups in total. The zero-order chi connectivity index (χ0) is 10.8. The second kappa shape index (κ2) is 3.58. The molecule has 0 unspecified atom stereocenters. The van der Waals surface area contributed by atoms with Gasteiger partial charge in [-0.05, 0) is 24.4 Å². The van der Waals surface area contributed by atoms with Crippen molar-refractivity contribution in [2.45, 2.75) is 13.5 Å². The van der Waals surface area contributed by atoms with E-state index in [0.717, 1.165) is 10.9 Å². The highest BCUT2D eigenvalue weighted by Crippen LogP contribution is 2.12. The van der Waals surface area contributed by atoms with Crippen LogP contribution in [0.4, 0.5) is 0 Å². The fraction of sp³-hybridized carbons (Fsp3) is 0.167. The third kappa shape index (κ3) is 1.40. The van der Waals surface area contributed by atoms with Gasteiger partial charge in [0.2, 0.25) is 0 Å². The lowest BCUT2D eigenvalue weighted by Crippen LogP contribution is -2.21. The molecule has 2 rings (SSSR count). The minimum Gasteiger partial charge on any atom is -0.307 e. The molecule has 0 fully saturated rings. The number of nitrogens with zero attached hydrogens (tertiary/aromatic N) is 2. The molecule has 0 saturated heterocycles. The van der Waals surface area contributed by atoms with Crippen LogP contribution in [0.25, 0.3) is 10.9 Å². The van der Waals surface area contributed by atoms with Crippen LogP contribution in [-0.4, -0.2) is 4.57 Å². The van der Waals surface area contributed by atoms with Crippen LogP contribution < -0.4 is 5.56 Å². The Morgan fingerprint density at radius 3 is 2.80 bits per heavy atom. The standard InChI is InChI=1S/C12H10N2O/c1-2-14-11-6-4-3-5-9(11)7-10(8-13)12(14)15/h3-7H,2H2,1H3. The molecule has 0 aliphatic heterocycles. The van der Waals surface area contributed by atoms with E-state index < -0.39 is 0 Å². The summed E-state index contributed by atoms with van der Waals surface area (Å²) < 4.78 is 1.62. The van der Waals surface area contributed by atoms with Gasteiger partial charge in [-0.3, -0.25) is 4.79 Å². The van der Waals surface area contributed by atoms with Crippen LogP contribution in [0.15, 0.2) is 35.1 Å². The summed E-state index contributed by atoms with van der Waals surface area (Å²) in [4.78, 5) is 11.8. The molecule has 0 saturated carbocycles. The van der Waals surface area contributed by atoms with Gasteiger partial charge in [-0.1, -0.05) is 18.2 Å². The Bertz CT molecular complexity index is 605. The molecule has 3 heteroatoms. The summed E-state index contributed by atoms with van der Waals surface area (Å²) in [6, 6.07) is 11.2. The third-order valence-electron chi connectivity index (χ3n) is 2.44. The van der Waals surface area contributed by atoms with Crippen molar-refractivity contribution in [2.24, 2.45) is 0 Å². The number of rotatable bonds is 1. The lowest BCUT2D eigenvalue weighted by molar-refractivity contribution is 0.757. The first-order chi connectivity index (χ1) is 7.27. The first-order valence-electron chi connectivity index (χ1n) is 4.80. The molecular weight excluding hydrogens is 188 g/mol. The van der Waals surface area contributed by atoms with Gasteiger partial charge >= 0.3 is 0 Å². The van der Waals surface area contributed by atoms with E-state index in [1.54, 1.807) is 10.6 Å². The number of benzene rings is 1. The number of aryl methyl sites for hydroxylation is 1. The fourth-order valence-electron chi connectivity index (χ4n) is 1.72. The van der Waals surface area contributed by atoms with Crippen molar-refractivity contribution >= 4 is 10.9 Å². The van der Waals surface area contributed by atoms with Gasteiger partial charge in [0.05, 0.1) is 5.52 Å². The number of pyridine rings is 1. The smallest absolute Gasteiger partial charge is 0.268 e. The zero-order valence-corrected chi connectivity index (χ0v) is 8.40. The van der Waals surface area contributed by atoms with Crippen LogP contribution in [0.5, 0.6) is 0 Å². The van der Waals surface area contributed by atoms with Gasteiger partial charge in [-0.15, -0.1) is 0 Å². The van der Waals surface area contributed by atoms with Crippen LogP contribution in [0, 0.1) is 11.3 Å². The summed E-state index contributed by atoms with van der Waals surface area (Å²) in [5.41, 5.74) is 0.873. The van der Waals surface area contributed by atoms with E-state index in [4.69, 9.17) is 5.26 Å². The Kier molecular flexibility index (Phi) is 2.26. The van der Waals surface area contributed by atoms with E-state index in [0.29, 0.717) is 6.54 Å². The van der Waals surface area contributed by atoms with E-state index >= 15 is 0 Å². The minimum absolute atomic E-state index is 0.204. The highest BCUT2D eigenvalue weighted by atomic mass is 16.1. The quantitative estimate of drug-likeness (QED) is 0.702. The average Bonchev–Trinajstić information content (AvgIpc) is 2.28. The van der Waals surface area contributed by atoms with Crippen molar-refractivity contribution in [1.29, 1.82) is 5.26 Å². The Balaban J connectivity index is 2.98. The van der Waals surface area contributed by atoms with Crippen LogP contribution in [0.3, 0.4) is 0 Å². The fourth-order valence-corrected chi connectivity index (χ4v) is 1.72. The highest BCUT2D eigenvalue weighted by Gasteiger charge is 2.06. The number of hydrogen-bond acceptors (Lipinski definition) is 2. The van der Waals surface area contributed by atoms with Crippen molar-refractivity contribution in [3.05, 3.63) is 46.2 Å². The largest absolute Gasteiger partial charge is 0.307 e. The predicted octanol–water partition coefficient (Wildman–Crippen LogP) is 1.89. The van der Waals surface area contributed by atoms with Gasteiger partial charge in [0.15, 0.2) is 0 Å². The monoisotopic (exact) mass is 198 g/mol. The molecule has 0 bridgehead atoms. The zero-order valence-electron chi connectivity index (χ0n) is 8.40. The molecule has 0 spiro atoms. The maximum Gasteiger partial charge on any atom is 0.268 e. The molecule has 1 heterocycles. The van der Waals surface area contributed by atoms with Gasteiger partial charge in [0, 0.05) is 6.54 Å². The number of para-hydroxylation sites is 1. The minimum atomic E-state index is -0.210. The first kappa shape index (κ1) is 9.47. The molecule has 0 atom stereocenters. The summed E-state index contributed by atoms with van der Waals surface area (Å²) in [6.07, 6.45) is 0. The maximum absolute atomic E-state index is 11.8. The molecule has 2 aromatic rings. The molecule has 74 valence electrons. The van der Waals surface area contributed by atoms with E-state index in [1.807, 2.05) is 37.3 Å². The van der Waals surface area contributed by atoms with Crippen molar-refractivity contribution in [1.82, 2.24) is 4.57 Å². The summed E-state index contributed by atoms with van der Waals surface area (Å²) in [7, 11) is 0. The molecule has 0 amide bonds. The lowest BCUT2D eigenvalue weighted by Gasteiger charge is -2.07. The molecule has 0 radical (unpaired) electrons. The second-order valence-corrected chi connectivity index (χ2v) is 3.28. The number of fused-ring (bicyclic) bond motifs is 1. The summed E-state index contributed by atoms with van der Waals surface area (Å²) in [5, 5.41) is 9.76. The van der Waals surface area contributed by atoms with Gasteiger partial charge in [-0.2, -0.15) is 5.26 Å². The SMILES string of the molecule is CCn1c(=O)c(C#N)cc2ccccc21. The number of nitriles is 1. The van der Waals surface area contributed by atoms with E-state index in [9.17, 15) is 4.79 Å². The maximum atomic E-state index is 11.8. The van der Waals surface area contributed by atoms with Crippen LogP contribution in [0.2, 0.25) is 0 Å². The van der Waals surface area contributed by atoms with Gasteiger partial charge in [-0.25, -0.2) is 0 Å². The predicted molar refractivity (Wildman–Crippen MR) is 58.6 cm³/mol. The van der Waals surface area contributed by atoms with Gasteiger partial charge in [0.25, 0.3) is 5.56 Å². The summed E-state index contributed by atoms with van der Waals surface area (Å²) in [5.74, 6) is 0. The Morgan fingerprint density at radius 1 is 1.40 bits per heavy atom. The Morgan fingerprint density at radius 2 is 2.13 bits per heavy atom. The molecule has 15 heavy (non-hydrogen) atoms. The molecule has 1 aromatic carbocycles. The van der Waals surface area contributed by atoms with Gasteiger partial charge in [0.1, 0.15) is 11.6 Å². The van der Waals surface area contributed by atoms with Crippen LogP contribution >= 0.6 is 0 Å². The first-order valence-corrected chi connectivity index (χ1v) is 4.80. The van der Waals surface area contributed by atoms with Crippen LogP contribution in [0.1, 0.15) is 12.5 Å². The van der Waals surface area contributed by atoms with E-state index in [1.165, 1.54) is 0 Å². The average molecular weight is 198 g/mol. The van der Waals surface area contributed by atoms with E-state index in [2.05, 4.69) is 0 Å². The van der Waals surface area contributed by atoms with Crippen molar-refractivity contribution in [3.63, 3.8) is 0 Å². The second-order valence-electron chi connectivity index (χ2n) is 3.28. The van der Waals surface area contributed by atoms with Crippen molar-refractivity contribution in [2.75, 3.05) is 0 Å². The normalized spacial score (nSPS) is 10.1. The highest BCUT2D eigenvalue weighted by molar-refractivity contribution is 5.80. The molecule has 0 aliphatic rings. The lowest BCUT2D eigenvalue weighted by atomic mass is 10.1. The third-order valence-corrected chi connectivity index (χ3v) is 2.44. The molecular formula is C12H10N2O. The number of aromatic nitrogens is 1. The van der Waals surface area contributed by atoms with Crippen molar-refractivity contribution < 1.29 is 0 Å². The van der Waals surface area contributed by atoms with Gasteiger partial charge < -0.3 is 4.57 Å².